The van der Waals surface area contributed by atoms with E-state index in [2.05, 4.69) is 10.3 Å². The molecule has 2 rings (SSSR count). The van der Waals surface area contributed by atoms with Gasteiger partial charge in [0.15, 0.2) is 0 Å². The molecule has 1 aromatic rings. The Bertz CT molecular complexity index is 373. The second kappa shape index (κ2) is 4.49. The summed E-state index contributed by atoms with van der Waals surface area (Å²) in [7, 11) is 3.02. The van der Waals surface area contributed by atoms with Crippen LogP contribution in [0.4, 0.5) is 5.82 Å². The number of aromatic nitrogens is 1. The van der Waals surface area contributed by atoms with Gasteiger partial charge in [-0.25, -0.2) is 10.0 Å². The minimum absolute atomic E-state index is 0.201. The molecule has 1 aromatic heterocycles. The van der Waals surface area contributed by atoms with Crippen molar-refractivity contribution in [2.45, 2.75) is 18.9 Å². The predicted molar refractivity (Wildman–Crippen MR) is 60.0 cm³/mol. The van der Waals surface area contributed by atoms with Crippen LogP contribution < -0.4 is 5.32 Å². The third-order valence-electron chi connectivity index (χ3n) is 2.50. The van der Waals surface area contributed by atoms with Crippen molar-refractivity contribution in [1.82, 2.24) is 10.0 Å². The molecule has 86 valence electrons. The minimum atomic E-state index is -0.201. The van der Waals surface area contributed by atoms with Gasteiger partial charge in [-0.2, -0.15) is 0 Å². The third-order valence-corrected chi connectivity index (χ3v) is 2.50. The van der Waals surface area contributed by atoms with Gasteiger partial charge in [-0.1, -0.05) is 0 Å². The number of amides is 1. The lowest BCUT2D eigenvalue weighted by Gasteiger charge is -2.13. The second-order valence-corrected chi connectivity index (χ2v) is 3.84. The van der Waals surface area contributed by atoms with E-state index in [0.717, 1.165) is 5.82 Å². The Morgan fingerprint density at radius 3 is 2.81 bits per heavy atom. The largest absolute Gasteiger partial charge is 0.367 e. The molecule has 1 aliphatic rings. The molecule has 0 radical (unpaired) electrons. The smallest absolute Gasteiger partial charge is 0.278 e. The van der Waals surface area contributed by atoms with E-state index in [9.17, 15) is 4.79 Å². The lowest BCUT2D eigenvalue weighted by molar-refractivity contribution is -0.0757. The summed E-state index contributed by atoms with van der Waals surface area (Å²) >= 11 is 0. The van der Waals surface area contributed by atoms with Crippen LogP contribution in [0.15, 0.2) is 18.3 Å². The molecule has 1 aliphatic carbocycles. The summed E-state index contributed by atoms with van der Waals surface area (Å²) in [5.41, 5.74) is 0.519. The van der Waals surface area contributed by atoms with Crippen molar-refractivity contribution in [3.8, 4) is 0 Å². The van der Waals surface area contributed by atoms with E-state index in [0.29, 0.717) is 11.6 Å². The molecule has 1 amide bonds. The molecule has 0 bridgehead atoms. The maximum Gasteiger partial charge on any atom is 0.278 e. The first-order valence-corrected chi connectivity index (χ1v) is 5.25. The number of hydrogen-bond acceptors (Lipinski definition) is 4. The molecular formula is C11H15N3O2. The minimum Gasteiger partial charge on any atom is -0.367 e. The van der Waals surface area contributed by atoms with Crippen LogP contribution in [0.2, 0.25) is 0 Å². The molecule has 1 fully saturated rings. The lowest BCUT2D eigenvalue weighted by atomic mass is 10.2. The summed E-state index contributed by atoms with van der Waals surface area (Å²) in [5, 5.41) is 4.43. The fourth-order valence-electron chi connectivity index (χ4n) is 1.31. The van der Waals surface area contributed by atoms with Gasteiger partial charge in [0.1, 0.15) is 5.82 Å². The number of nitrogens with one attached hydrogen (secondary N) is 1. The number of hydroxylamine groups is 2. The zero-order valence-corrected chi connectivity index (χ0v) is 9.43. The molecule has 0 saturated heterocycles. The molecule has 5 heteroatoms. The first kappa shape index (κ1) is 10.9. The van der Waals surface area contributed by atoms with E-state index >= 15 is 0 Å². The van der Waals surface area contributed by atoms with Crippen LogP contribution in [-0.2, 0) is 4.84 Å². The normalized spacial score (nSPS) is 14.6. The van der Waals surface area contributed by atoms with Crippen molar-refractivity contribution in [3.05, 3.63) is 23.9 Å². The number of carbonyl (C=O) groups is 1. The fraction of sp³-hybridized carbons (Fsp3) is 0.455. The summed E-state index contributed by atoms with van der Waals surface area (Å²) in [5.74, 6) is 0.618. The van der Waals surface area contributed by atoms with Crippen LogP contribution in [-0.4, -0.2) is 36.2 Å². The SMILES string of the molecule is CON(C)C(=O)c1ccc(NC2CC2)nc1. The molecular weight excluding hydrogens is 206 g/mol. The Balaban J connectivity index is 2.02. The van der Waals surface area contributed by atoms with E-state index in [-0.39, 0.29) is 5.91 Å². The van der Waals surface area contributed by atoms with Crippen molar-refractivity contribution >= 4 is 11.7 Å². The number of hydrogen-bond donors (Lipinski definition) is 1. The Kier molecular flexibility index (Phi) is 3.05. The average Bonchev–Trinajstić information content (AvgIpc) is 3.12. The highest BCUT2D eigenvalue weighted by atomic mass is 16.7. The van der Waals surface area contributed by atoms with Crippen LogP contribution in [0.3, 0.4) is 0 Å². The first-order chi connectivity index (χ1) is 7.70. The van der Waals surface area contributed by atoms with Crippen LogP contribution >= 0.6 is 0 Å². The number of carbonyl (C=O) groups excluding carboxylic acids is 1. The van der Waals surface area contributed by atoms with Gasteiger partial charge >= 0.3 is 0 Å². The molecule has 1 saturated carbocycles. The Morgan fingerprint density at radius 2 is 2.31 bits per heavy atom. The maximum atomic E-state index is 11.7. The fourth-order valence-corrected chi connectivity index (χ4v) is 1.31. The molecule has 0 aromatic carbocycles. The van der Waals surface area contributed by atoms with Crippen molar-refractivity contribution in [3.63, 3.8) is 0 Å². The topological polar surface area (TPSA) is 54.5 Å². The van der Waals surface area contributed by atoms with Crippen LogP contribution in [0.25, 0.3) is 0 Å². The van der Waals surface area contributed by atoms with Crippen molar-refractivity contribution < 1.29 is 9.63 Å². The highest BCUT2D eigenvalue weighted by Gasteiger charge is 2.21. The quantitative estimate of drug-likeness (QED) is 0.778. The van der Waals surface area contributed by atoms with Crippen molar-refractivity contribution in [2.75, 3.05) is 19.5 Å². The molecule has 0 aliphatic heterocycles. The van der Waals surface area contributed by atoms with Crippen molar-refractivity contribution in [2.24, 2.45) is 0 Å². The summed E-state index contributed by atoms with van der Waals surface area (Å²) in [4.78, 5) is 20.7. The Morgan fingerprint density at radius 1 is 1.56 bits per heavy atom. The van der Waals surface area contributed by atoms with Gasteiger partial charge in [-0.3, -0.25) is 9.63 Å². The number of pyridine rings is 1. The van der Waals surface area contributed by atoms with Gasteiger partial charge in [0, 0.05) is 19.3 Å². The predicted octanol–water partition coefficient (Wildman–Crippen LogP) is 1.29. The number of nitrogens with zero attached hydrogens (tertiary/aromatic N) is 2. The zero-order chi connectivity index (χ0) is 11.5. The number of rotatable bonds is 4. The standard InChI is InChI=1S/C11H15N3O2/c1-14(16-2)11(15)8-3-6-10(12-7-8)13-9-4-5-9/h3,6-7,9H,4-5H2,1-2H3,(H,12,13). The van der Waals surface area contributed by atoms with E-state index in [1.54, 1.807) is 19.3 Å². The van der Waals surface area contributed by atoms with Crippen LogP contribution in [0.1, 0.15) is 23.2 Å². The second-order valence-electron chi connectivity index (χ2n) is 3.84. The Hall–Kier alpha value is -1.62. The van der Waals surface area contributed by atoms with Gasteiger partial charge in [0.2, 0.25) is 0 Å². The van der Waals surface area contributed by atoms with Crippen LogP contribution in [0, 0.1) is 0 Å². The molecule has 16 heavy (non-hydrogen) atoms. The maximum absolute atomic E-state index is 11.7. The van der Waals surface area contributed by atoms with Crippen molar-refractivity contribution in [1.29, 1.82) is 0 Å². The highest BCUT2D eigenvalue weighted by molar-refractivity contribution is 5.93. The van der Waals surface area contributed by atoms with E-state index in [1.165, 1.54) is 25.0 Å². The summed E-state index contributed by atoms with van der Waals surface area (Å²) in [6.07, 6.45) is 3.96. The monoisotopic (exact) mass is 221 g/mol. The van der Waals surface area contributed by atoms with Gasteiger partial charge < -0.3 is 5.32 Å². The molecule has 1 N–H and O–H groups in total. The summed E-state index contributed by atoms with van der Waals surface area (Å²) in [6, 6.07) is 4.13. The summed E-state index contributed by atoms with van der Waals surface area (Å²) in [6.45, 7) is 0. The highest BCUT2D eigenvalue weighted by Crippen LogP contribution is 2.23. The summed E-state index contributed by atoms with van der Waals surface area (Å²) < 4.78 is 0. The average molecular weight is 221 g/mol. The molecule has 0 unspecified atom stereocenters. The molecule has 1 heterocycles. The van der Waals surface area contributed by atoms with Gasteiger partial charge in [0.05, 0.1) is 12.7 Å². The third kappa shape index (κ3) is 2.49. The molecule has 0 spiro atoms. The van der Waals surface area contributed by atoms with Gasteiger partial charge in [0.25, 0.3) is 5.91 Å². The molecule has 0 atom stereocenters. The van der Waals surface area contributed by atoms with E-state index < -0.39 is 0 Å². The first-order valence-electron chi connectivity index (χ1n) is 5.25. The lowest BCUT2D eigenvalue weighted by Crippen LogP contribution is -2.25. The Labute approximate surface area is 94.4 Å². The zero-order valence-electron chi connectivity index (χ0n) is 9.43. The van der Waals surface area contributed by atoms with Gasteiger partial charge in [-0.05, 0) is 25.0 Å². The van der Waals surface area contributed by atoms with Crippen LogP contribution in [0.5, 0.6) is 0 Å². The van der Waals surface area contributed by atoms with E-state index in [1.807, 2.05) is 6.07 Å². The van der Waals surface area contributed by atoms with Gasteiger partial charge in [-0.15, -0.1) is 0 Å². The van der Waals surface area contributed by atoms with E-state index in [4.69, 9.17) is 4.84 Å². The number of anilines is 1. The molecule has 5 nitrogen and oxygen atoms in total.